The normalized spacial score (nSPS) is 26.9. The largest absolute Gasteiger partial charge is 0.468 e. The lowest BCUT2D eigenvalue weighted by Gasteiger charge is -2.35. The van der Waals surface area contributed by atoms with Crippen LogP contribution in [-0.4, -0.2) is 43.2 Å². The zero-order valence-electron chi connectivity index (χ0n) is 9.16. The molecule has 1 fully saturated rings. The second kappa shape index (κ2) is 6.45. The van der Waals surface area contributed by atoms with E-state index >= 15 is 0 Å². The van der Waals surface area contributed by atoms with E-state index in [4.69, 9.17) is 4.74 Å². The van der Waals surface area contributed by atoms with Crippen molar-refractivity contribution in [3.8, 4) is 0 Å². The molecule has 1 rings (SSSR count). The van der Waals surface area contributed by atoms with E-state index in [0.29, 0.717) is 18.7 Å². The van der Waals surface area contributed by atoms with Crippen molar-refractivity contribution in [3.63, 3.8) is 0 Å². The summed E-state index contributed by atoms with van der Waals surface area (Å²) in [7, 11) is 1.39. The van der Waals surface area contributed by atoms with Crippen molar-refractivity contribution in [2.45, 2.75) is 36.7 Å². The molecule has 1 N–H and O–H groups in total. The molecule has 1 unspecified atom stereocenters. The lowest BCUT2D eigenvalue weighted by molar-refractivity contribution is -0.139. The Hall–Kier alpha value is -0.130. The van der Waals surface area contributed by atoms with Crippen LogP contribution in [0.1, 0.15) is 19.8 Å². The van der Waals surface area contributed by atoms with E-state index < -0.39 is 0 Å². The van der Waals surface area contributed by atoms with E-state index in [2.05, 4.69) is 26.0 Å². The summed E-state index contributed by atoms with van der Waals surface area (Å²) in [4.78, 5) is 10.8. The molecule has 1 atom stereocenters. The van der Waals surface area contributed by atoms with Gasteiger partial charge in [-0.3, -0.25) is 4.79 Å². The number of ether oxygens (including phenoxy) is 2. The van der Waals surface area contributed by atoms with E-state index in [1.54, 1.807) is 0 Å². The van der Waals surface area contributed by atoms with Crippen molar-refractivity contribution in [3.05, 3.63) is 0 Å². The molecule has 0 heterocycles. The van der Waals surface area contributed by atoms with Crippen LogP contribution < -0.4 is 5.32 Å². The third-order valence-electron chi connectivity index (χ3n) is 2.54. The number of halogens is 1. The Morgan fingerprint density at radius 3 is 2.80 bits per heavy atom. The van der Waals surface area contributed by atoms with Crippen LogP contribution in [0.4, 0.5) is 0 Å². The monoisotopic (exact) mass is 279 g/mol. The molecule has 0 saturated heterocycles. The zero-order chi connectivity index (χ0) is 11.3. The molecule has 1 aliphatic carbocycles. The molecule has 88 valence electrons. The van der Waals surface area contributed by atoms with E-state index in [1.807, 2.05) is 6.92 Å². The van der Waals surface area contributed by atoms with E-state index in [1.165, 1.54) is 7.11 Å². The Balaban J connectivity index is 2.05. The maximum atomic E-state index is 11.1. The molecule has 0 aromatic carbocycles. The fourth-order valence-corrected chi connectivity index (χ4v) is 1.96. The first-order valence-corrected chi connectivity index (χ1v) is 6.15. The van der Waals surface area contributed by atoms with Gasteiger partial charge in [-0.2, -0.15) is 0 Å². The molecule has 0 bridgehead atoms. The number of alkyl halides is 1. The highest BCUT2D eigenvalue weighted by Crippen LogP contribution is 2.23. The minimum Gasteiger partial charge on any atom is -0.468 e. The Labute approximate surface area is 98.8 Å². The number of methoxy groups -OCH3 is 1. The van der Waals surface area contributed by atoms with Gasteiger partial charge in [0.2, 0.25) is 0 Å². The molecule has 15 heavy (non-hydrogen) atoms. The van der Waals surface area contributed by atoms with Crippen LogP contribution >= 0.6 is 15.9 Å². The van der Waals surface area contributed by atoms with Crippen LogP contribution in [0.5, 0.6) is 0 Å². The fourth-order valence-electron chi connectivity index (χ4n) is 1.59. The average Bonchev–Trinajstić information content (AvgIpc) is 2.19. The van der Waals surface area contributed by atoms with Crippen LogP contribution in [0.3, 0.4) is 0 Å². The van der Waals surface area contributed by atoms with Crippen LogP contribution in [0.15, 0.2) is 0 Å². The first kappa shape index (κ1) is 12.9. The first-order chi connectivity index (χ1) is 7.17. The van der Waals surface area contributed by atoms with Crippen molar-refractivity contribution in [1.29, 1.82) is 0 Å². The van der Waals surface area contributed by atoms with Crippen LogP contribution in [-0.2, 0) is 14.3 Å². The number of esters is 1. The average molecular weight is 280 g/mol. The van der Waals surface area contributed by atoms with Crippen LogP contribution in [0.2, 0.25) is 0 Å². The van der Waals surface area contributed by atoms with Crippen molar-refractivity contribution < 1.29 is 14.3 Å². The number of rotatable bonds is 6. The van der Waals surface area contributed by atoms with Crippen molar-refractivity contribution >= 4 is 21.9 Å². The summed E-state index contributed by atoms with van der Waals surface area (Å²) in [5.41, 5.74) is 0. The van der Waals surface area contributed by atoms with Gasteiger partial charge in [-0.05, 0) is 19.8 Å². The van der Waals surface area contributed by atoms with Gasteiger partial charge in [-0.25, -0.2) is 0 Å². The van der Waals surface area contributed by atoms with Gasteiger partial charge in [-0.15, -0.1) is 0 Å². The van der Waals surface area contributed by atoms with Gasteiger partial charge < -0.3 is 14.8 Å². The van der Waals surface area contributed by atoms with Crippen molar-refractivity contribution in [2.75, 3.05) is 20.3 Å². The lowest BCUT2D eigenvalue weighted by Crippen LogP contribution is -2.47. The minimum absolute atomic E-state index is 0.233. The second-order valence-electron chi connectivity index (χ2n) is 3.64. The molecule has 0 aromatic heterocycles. The van der Waals surface area contributed by atoms with E-state index in [0.717, 1.165) is 19.4 Å². The molecule has 1 saturated carbocycles. The summed E-state index contributed by atoms with van der Waals surface area (Å²) in [6, 6.07) is 0.478. The summed E-state index contributed by atoms with van der Waals surface area (Å²) < 4.78 is 10.0. The Kier molecular flexibility index (Phi) is 5.56. The molecule has 1 aliphatic rings. The number of carbonyl (C=O) groups excluding carboxylic acids is 1. The number of carbonyl (C=O) groups is 1. The fraction of sp³-hybridized carbons (Fsp3) is 0.900. The molecule has 4 nitrogen and oxygen atoms in total. The van der Waals surface area contributed by atoms with E-state index in [-0.39, 0.29) is 10.8 Å². The second-order valence-corrected chi connectivity index (χ2v) is 4.75. The lowest BCUT2D eigenvalue weighted by atomic mass is 9.89. The number of hydrogen-bond acceptors (Lipinski definition) is 4. The summed E-state index contributed by atoms with van der Waals surface area (Å²) in [6.45, 7) is 3.39. The highest BCUT2D eigenvalue weighted by molar-refractivity contribution is 9.10. The smallest absolute Gasteiger partial charge is 0.320 e. The van der Waals surface area contributed by atoms with Crippen LogP contribution in [0, 0.1) is 0 Å². The minimum atomic E-state index is -0.256. The van der Waals surface area contributed by atoms with Gasteiger partial charge in [0.05, 0.1) is 13.2 Å². The molecule has 0 spiro atoms. The van der Waals surface area contributed by atoms with Crippen molar-refractivity contribution in [2.24, 2.45) is 0 Å². The predicted octanol–water partition coefficient (Wildman–Crippen LogP) is 1.08. The zero-order valence-corrected chi connectivity index (χ0v) is 10.7. The summed E-state index contributed by atoms with van der Waals surface area (Å²) in [5.74, 6) is -0.233. The predicted molar refractivity (Wildman–Crippen MR) is 61.2 cm³/mol. The van der Waals surface area contributed by atoms with Crippen LogP contribution in [0.25, 0.3) is 0 Å². The number of nitrogens with one attached hydrogen (secondary N) is 1. The maximum Gasteiger partial charge on any atom is 0.320 e. The Morgan fingerprint density at radius 2 is 2.27 bits per heavy atom. The summed E-state index contributed by atoms with van der Waals surface area (Å²) in [6.07, 6.45) is 2.48. The van der Waals surface area contributed by atoms with Gasteiger partial charge >= 0.3 is 5.97 Å². The molecule has 0 amide bonds. The van der Waals surface area contributed by atoms with Gasteiger partial charge in [0.25, 0.3) is 0 Å². The van der Waals surface area contributed by atoms with Gasteiger partial charge in [0.15, 0.2) is 0 Å². The first-order valence-electron chi connectivity index (χ1n) is 5.24. The maximum absolute atomic E-state index is 11.1. The molecule has 0 radical (unpaired) electrons. The molecule has 0 aliphatic heterocycles. The third kappa shape index (κ3) is 4.09. The summed E-state index contributed by atoms with van der Waals surface area (Å²) in [5, 5.41) is 3.29. The molecule has 5 heteroatoms. The summed E-state index contributed by atoms with van der Waals surface area (Å²) >= 11 is 3.26. The van der Waals surface area contributed by atoms with E-state index in [9.17, 15) is 4.79 Å². The van der Waals surface area contributed by atoms with Gasteiger partial charge in [0.1, 0.15) is 4.83 Å². The number of hydrogen-bond donors (Lipinski definition) is 1. The molecular weight excluding hydrogens is 262 g/mol. The van der Waals surface area contributed by atoms with Crippen molar-refractivity contribution in [1.82, 2.24) is 5.32 Å². The quantitative estimate of drug-likeness (QED) is 0.584. The standard InChI is InChI=1S/C10H18BrNO3/c1-3-15-8-4-7(5-8)12-6-9(11)10(13)14-2/h7-9,12H,3-6H2,1-2H3. The Bertz CT molecular complexity index is 207. The topological polar surface area (TPSA) is 47.6 Å². The van der Waals surface area contributed by atoms with Gasteiger partial charge in [-0.1, -0.05) is 15.9 Å². The molecular formula is C10H18BrNO3. The SMILES string of the molecule is CCOC1CC(NCC(Br)C(=O)OC)C1. The molecule has 0 aromatic rings. The highest BCUT2D eigenvalue weighted by Gasteiger charge is 2.30. The third-order valence-corrected chi connectivity index (χ3v) is 3.24. The Morgan fingerprint density at radius 1 is 1.60 bits per heavy atom. The highest BCUT2D eigenvalue weighted by atomic mass is 79.9. The van der Waals surface area contributed by atoms with Gasteiger partial charge in [0, 0.05) is 19.2 Å².